The van der Waals surface area contributed by atoms with E-state index in [0.717, 1.165) is 76.7 Å². The van der Waals surface area contributed by atoms with Crippen molar-refractivity contribution in [2.45, 2.75) is 51.0 Å². The van der Waals surface area contributed by atoms with Gasteiger partial charge in [0.2, 0.25) is 0 Å². The van der Waals surface area contributed by atoms with Crippen LogP contribution in [0.25, 0.3) is 11.1 Å². The topological polar surface area (TPSA) is 111 Å². The molecule has 3 unspecified atom stereocenters. The van der Waals surface area contributed by atoms with Crippen LogP contribution < -0.4 is 24.8 Å². The number of hydrogen-bond acceptors (Lipinski definition) is 8. The zero-order valence-electron chi connectivity index (χ0n) is 33.3. The Morgan fingerprint density at radius 1 is 0.729 bits per heavy atom. The lowest BCUT2D eigenvalue weighted by Gasteiger charge is -2.39. The normalized spacial score (nSPS) is 17.7. The average molecular weight is 792 g/mol. The fourth-order valence-electron chi connectivity index (χ4n) is 7.73. The molecular formula is C49H49N3O7. The summed E-state index contributed by atoms with van der Waals surface area (Å²) in [6.07, 6.45) is 0.723. The minimum Gasteiger partial charge on any atom is -0.493 e. The molecule has 10 nitrogen and oxygen atoms in total. The summed E-state index contributed by atoms with van der Waals surface area (Å²) in [5.74, 6) is 2.93. The van der Waals surface area contributed by atoms with Crippen LogP contribution in [0, 0.1) is 0 Å². The second-order valence-electron chi connectivity index (χ2n) is 14.9. The standard InChI is InChI=1S/C49H49N3O7/c1-55-46-26-38-22-23-52(30-40(38)27-47(46)56-2)31-44-28-45(35-16-14-33(32-53)15-17-35)59-48(58-44)39-11-7-10-37(25-39)36-9-6-8-34(24-36)29-50-49(54)51-41-18-20-43(21-19-41)57-42-12-4-3-5-13-42/h3-21,24-27,44-45,48,53H,22-23,28-32H2,1-2H3,(H2,50,51,54). The van der Waals surface area contributed by atoms with Gasteiger partial charge in [0.25, 0.3) is 0 Å². The first-order valence-corrected chi connectivity index (χ1v) is 20.0. The number of urea groups is 1. The third-order valence-corrected chi connectivity index (χ3v) is 10.8. The molecule has 0 aromatic heterocycles. The third-order valence-electron chi connectivity index (χ3n) is 10.8. The van der Waals surface area contributed by atoms with Crippen molar-refractivity contribution in [2.24, 2.45) is 0 Å². The van der Waals surface area contributed by atoms with E-state index in [2.05, 4.69) is 58.0 Å². The molecule has 0 radical (unpaired) electrons. The second-order valence-corrected chi connectivity index (χ2v) is 14.9. The monoisotopic (exact) mass is 791 g/mol. The van der Waals surface area contributed by atoms with Crippen LogP contribution in [0.2, 0.25) is 0 Å². The SMILES string of the molecule is COc1cc2c(cc1OC)CN(CC1CC(c3ccc(CO)cc3)OC(c3cccc(-c4cccc(CNC(=O)Nc5ccc(Oc6ccccc6)cc5)c4)c3)O1)CC2. The molecular weight excluding hydrogens is 743 g/mol. The number of ether oxygens (including phenoxy) is 5. The van der Waals surface area contributed by atoms with Gasteiger partial charge in [0, 0.05) is 43.9 Å². The van der Waals surface area contributed by atoms with Crippen LogP contribution in [0.5, 0.6) is 23.0 Å². The fraction of sp³-hybridized carbons (Fsp3) is 0.245. The fourth-order valence-corrected chi connectivity index (χ4v) is 7.73. The van der Waals surface area contributed by atoms with Crippen molar-refractivity contribution in [3.8, 4) is 34.1 Å². The van der Waals surface area contributed by atoms with Gasteiger partial charge in [-0.2, -0.15) is 0 Å². The maximum absolute atomic E-state index is 12.8. The molecule has 0 aliphatic carbocycles. The Labute approximate surface area is 345 Å². The van der Waals surface area contributed by atoms with Crippen molar-refractivity contribution >= 4 is 11.7 Å². The van der Waals surface area contributed by atoms with E-state index >= 15 is 0 Å². The molecule has 0 bridgehead atoms. The van der Waals surface area contributed by atoms with E-state index in [1.165, 1.54) is 11.1 Å². The molecule has 0 saturated carbocycles. The van der Waals surface area contributed by atoms with Gasteiger partial charge in [0.1, 0.15) is 11.5 Å². The summed E-state index contributed by atoms with van der Waals surface area (Å²) in [6.45, 7) is 2.78. The molecule has 3 atom stereocenters. The van der Waals surface area contributed by atoms with E-state index in [0.29, 0.717) is 24.4 Å². The first-order valence-electron chi connectivity index (χ1n) is 20.0. The highest BCUT2D eigenvalue weighted by atomic mass is 16.7. The number of amides is 2. The van der Waals surface area contributed by atoms with Gasteiger partial charge in [-0.3, -0.25) is 4.90 Å². The highest BCUT2D eigenvalue weighted by Gasteiger charge is 2.34. The number of carbonyl (C=O) groups is 1. The predicted octanol–water partition coefficient (Wildman–Crippen LogP) is 9.58. The lowest BCUT2D eigenvalue weighted by atomic mass is 9.96. The third kappa shape index (κ3) is 9.93. The van der Waals surface area contributed by atoms with Gasteiger partial charge in [-0.05, 0) is 106 Å². The van der Waals surface area contributed by atoms with Crippen molar-refractivity contribution < 1.29 is 33.6 Å². The number of anilines is 1. The van der Waals surface area contributed by atoms with Crippen molar-refractivity contribution in [2.75, 3.05) is 32.6 Å². The molecule has 59 heavy (non-hydrogen) atoms. The Bertz CT molecular complexity index is 2340. The van der Waals surface area contributed by atoms with Gasteiger partial charge in [0.05, 0.1) is 33.0 Å². The first-order chi connectivity index (χ1) is 28.9. The Hall–Kier alpha value is -6.17. The molecule has 2 amide bonds. The van der Waals surface area contributed by atoms with Crippen LogP contribution >= 0.6 is 0 Å². The molecule has 3 N–H and O–H groups in total. The van der Waals surface area contributed by atoms with Crippen molar-refractivity contribution in [1.82, 2.24) is 10.2 Å². The molecule has 6 aromatic rings. The van der Waals surface area contributed by atoms with Crippen molar-refractivity contribution in [3.05, 3.63) is 173 Å². The Balaban J connectivity index is 0.936. The predicted molar refractivity (Wildman–Crippen MR) is 228 cm³/mol. The highest BCUT2D eigenvalue weighted by Crippen LogP contribution is 2.40. The molecule has 1 fully saturated rings. The lowest BCUT2D eigenvalue weighted by Crippen LogP contribution is -2.41. The number of aliphatic hydroxyl groups excluding tert-OH is 1. The Morgan fingerprint density at radius 2 is 1.44 bits per heavy atom. The largest absolute Gasteiger partial charge is 0.493 e. The maximum atomic E-state index is 12.8. The van der Waals surface area contributed by atoms with E-state index in [9.17, 15) is 9.90 Å². The number of carbonyl (C=O) groups excluding carboxylic acids is 1. The summed E-state index contributed by atoms with van der Waals surface area (Å²) in [6, 6.07) is 45.1. The first kappa shape index (κ1) is 39.6. The lowest BCUT2D eigenvalue weighted by molar-refractivity contribution is -0.253. The summed E-state index contributed by atoms with van der Waals surface area (Å²) in [5, 5.41) is 15.6. The van der Waals surface area contributed by atoms with Gasteiger partial charge < -0.3 is 39.4 Å². The number of methoxy groups -OCH3 is 2. The van der Waals surface area contributed by atoms with Crippen molar-refractivity contribution in [1.29, 1.82) is 0 Å². The number of aliphatic hydroxyl groups is 1. The van der Waals surface area contributed by atoms with Gasteiger partial charge in [-0.15, -0.1) is 0 Å². The van der Waals surface area contributed by atoms with Gasteiger partial charge in [-0.25, -0.2) is 4.79 Å². The number of rotatable bonds is 13. The minimum atomic E-state index is -0.592. The van der Waals surface area contributed by atoms with Crippen LogP contribution in [0.4, 0.5) is 10.5 Å². The van der Waals surface area contributed by atoms with Crippen LogP contribution in [-0.2, 0) is 35.6 Å². The summed E-state index contributed by atoms with van der Waals surface area (Å²) < 4.78 is 30.6. The molecule has 6 aromatic carbocycles. The van der Waals surface area contributed by atoms with Crippen LogP contribution in [0.15, 0.2) is 140 Å². The van der Waals surface area contributed by atoms with Gasteiger partial charge >= 0.3 is 6.03 Å². The van der Waals surface area contributed by atoms with E-state index < -0.39 is 6.29 Å². The summed E-state index contributed by atoms with van der Waals surface area (Å²) in [7, 11) is 3.34. The Kier molecular flexibility index (Phi) is 12.5. The maximum Gasteiger partial charge on any atom is 0.319 e. The van der Waals surface area contributed by atoms with E-state index in [1.54, 1.807) is 14.2 Å². The molecule has 2 heterocycles. The zero-order chi connectivity index (χ0) is 40.6. The second kappa shape index (κ2) is 18.6. The van der Waals surface area contributed by atoms with Crippen LogP contribution in [0.1, 0.15) is 52.2 Å². The summed E-state index contributed by atoms with van der Waals surface area (Å²) in [5.41, 5.74) is 9.01. The Morgan fingerprint density at radius 3 is 2.19 bits per heavy atom. The van der Waals surface area contributed by atoms with E-state index in [1.807, 2.05) is 97.1 Å². The summed E-state index contributed by atoms with van der Waals surface area (Å²) >= 11 is 0. The zero-order valence-corrected chi connectivity index (χ0v) is 33.3. The molecule has 302 valence electrons. The molecule has 10 heteroatoms. The molecule has 0 spiro atoms. The number of para-hydroxylation sites is 1. The molecule has 1 saturated heterocycles. The quantitative estimate of drug-likeness (QED) is 0.106. The minimum absolute atomic E-state index is 0.00893. The number of nitrogens with one attached hydrogen (secondary N) is 2. The van der Waals surface area contributed by atoms with E-state index in [-0.39, 0.29) is 24.8 Å². The molecule has 2 aliphatic rings. The number of hydrogen-bond donors (Lipinski definition) is 3. The van der Waals surface area contributed by atoms with Crippen LogP contribution in [-0.4, -0.2) is 49.5 Å². The smallest absolute Gasteiger partial charge is 0.319 e. The number of nitrogens with zero attached hydrogens (tertiary/aromatic N) is 1. The van der Waals surface area contributed by atoms with Gasteiger partial charge in [0.15, 0.2) is 17.8 Å². The number of fused-ring (bicyclic) bond motifs is 1. The van der Waals surface area contributed by atoms with Crippen molar-refractivity contribution in [3.63, 3.8) is 0 Å². The van der Waals surface area contributed by atoms with Crippen LogP contribution in [0.3, 0.4) is 0 Å². The molecule has 8 rings (SSSR count). The number of benzene rings is 6. The van der Waals surface area contributed by atoms with E-state index in [4.69, 9.17) is 23.7 Å². The van der Waals surface area contributed by atoms with Gasteiger partial charge in [-0.1, -0.05) is 78.9 Å². The average Bonchev–Trinajstić information content (AvgIpc) is 3.29. The highest BCUT2D eigenvalue weighted by molar-refractivity contribution is 5.89. The summed E-state index contributed by atoms with van der Waals surface area (Å²) in [4.78, 5) is 15.3. The molecule has 2 aliphatic heterocycles.